The Kier molecular flexibility index (Phi) is 5.97. The maximum absolute atomic E-state index is 12.4. The van der Waals surface area contributed by atoms with Crippen molar-refractivity contribution in [3.05, 3.63) is 35.4 Å². The van der Waals surface area contributed by atoms with Gasteiger partial charge in [0.25, 0.3) is 0 Å². The molecule has 0 N–H and O–H groups in total. The minimum Gasteiger partial charge on any atom is -0.331 e. The minimum absolute atomic E-state index is 0.123. The molecule has 4 rings (SSSR count). The first kappa shape index (κ1) is 18.9. The monoisotopic (exact) mass is 357 g/mol. The summed E-state index contributed by atoms with van der Waals surface area (Å²) in [5.74, 6) is 0.792. The number of ketones is 1. The predicted octanol–water partition coefficient (Wildman–Crippen LogP) is 3.04. The van der Waals surface area contributed by atoms with Gasteiger partial charge in [-0.05, 0) is 38.6 Å². The molecule has 3 aliphatic heterocycles. The van der Waals surface area contributed by atoms with Crippen molar-refractivity contribution < 1.29 is 9.59 Å². The number of benzene rings is 1. The summed E-state index contributed by atoms with van der Waals surface area (Å²) in [6.45, 7) is 5.72. The van der Waals surface area contributed by atoms with E-state index in [0.29, 0.717) is 18.4 Å². The van der Waals surface area contributed by atoms with Gasteiger partial charge in [0.15, 0.2) is 5.78 Å². The van der Waals surface area contributed by atoms with Gasteiger partial charge in [0.05, 0.1) is 0 Å². The highest BCUT2D eigenvalue weighted by molar-refractivity contribution is 5.96. The molecule has 2 amide bonds. The number of urea groups is 1. The Balaban J connectivity index is 1.52. The number of amides is 2. The number of fused-ring (bicyclic) bond motifs is 4. The Bertz CT molecular complexity index is 641. The van der Waals surface area contributed by atoms with Crippen LogP contribution in [0.1, 0.15) is 41.6 Å². The van der Waals surface area contributed by atoms with Gasteiger partial charge in [-0.3, -0.25) is 9.69 Å². The quantitative estimate of drug-likeness (QED) is 0.761. The molecule has 142 valence electrons. The normalized spacial score (nSPS) is 23.0. The highest BCUT2D eigenvalue weighted by atomic mass is 16.2. The van der Waals surface area contributed by atoms with Crippen molar-refractivity contribution >= 4 is 11.8 Å². The number of hydrogen-bond donors (Lipinski definition) is 0. The second-order valence-corrected chi connectivity index (χ2v) is 8.07. The number of rotatable bonds is 5. The summed E-state index contributed by atoms with van der Waals surface area (Å²) in [5.41, 5.74) is 2.00. The van der Waals surface area contributed by atoms with E-state index in [1.165, 1.54) is 12.0 Å². The molecule has 0 radical (unpaired) electrons. The van der Waals surface area contributed by atoms with E-state index in [-0.39, 0.29) is 11.8 Å². The van der Waals surface area contributed by atoms with Crippen LogP contribution < -0.4 is 0 Å². The number of nitrogens with zero attached hydrogens (tertiary/aromatic N) is 3. The number of piperidine rings is 1. The molecule has 0 aliphatic carbocycles. The van der Waals surface area contributed by atoms with Gasteiger partial charge in [-0.2, -0.15) is 0 Å². The first-order valence-electron chi connectivity index (χ1n) is 9.74. The maximum atomic E-state index is 12.4. The topological polar surface area (TPSA) is 43.9 Å². The third kappa shape index (κ3) is 4.44. The van der Waals surface area contributed by atoms with Crippen LogP contribution in [-0.4, -0.2) is 72.8 Å². The van der Waals surface area contributed by atoms with Crippen LogP contribution in [0.3, 0.4) is 0 Å². The average molecular weight is 357 g/mol. The van der Waals surface area contributed by atoms with Crippen molar-refractivity contribution in [2.24, 2.45) is 5.92 Å². The Morgan fingerprint density at radius 2 is 1.81 bits per heavy atom. The maximum Gasteiger partial charge on any atom is 0.319 e. The third-order valence-corrected chi connectivity index (χ3v) is 5.70. The molecule has 5 heteroatoms. The van der Waals surface area contributed by atoms with Crippen molar-refractivity contribution in [2.45, 2.75) is 38.6 Å². The van der Waals surface area contributed by atoms with Crippen molar-refractivity contribution in [1.82, 2.24) is 14.7 Å². The van der Waals surface area contributed by atoms with Gasteiger partial charge in [0.1, 0.15) is 0 Å². The zero-order chi connectivity index (χ0) is 18.7. The largest absolute Gasteiger partial charge is 0.331 e. The van der Waals surface area contributed by atoms with E-state index >= 15 is 0 Å². The zero-order valence-corrected chi connectivity index (χ0v) is 16.3. The Hall–Kier alpha value is -1.88. The fourth-order valence-corrected chi connectivity index (χ4v) is 4.22. The van der Waals surface area contributed by atoms with Crippen LogP contribution in [-0.2, 0) is 0 Å². The fourth-order valence-electron chi connectivity index (χ4n) is 4.22. The molecule has 2 atom stereocenters. The van der Waals surface area contributed by atoms with Crippen LogP contribution in [0, 0.1) is 12.8 Å². The lowest BCUT2D eigenvalue weighted by Crippen LogP contribution is -2.46. The van der Waals surface area contributed by atoms with Gasteiger partial charge >= 0.3 is 6.03 Å². The molecular formula is C21H31N3O2. The summed E-state index contributed by atoms with van der Waals surface area (Å²) in [5, 5.41) is 0. The summed E-state index contributed by atoms with van der Waals surface area (Å²) in [6, 6.07) is 8.41. The van der Waals surface area contributed by atoms with Gasteiger partial charge in [-0.15, -0.1) is 0 Å². The molecule has 0 saturated carbocycles. The highest BCUT2D eigenvalue weighted by Gasteiger charge is 2.36. The molecular weight excluding hydrogens is 326 g/mol. The van der Waals surface area contributed by atoms with Gasteiger partial charge < -0.3 is 9.80 Å². The van der Waals surface area contributed by atoms with Crippen LogP contribution in [0.25, 0.3) is 0 Å². The number of hydrogen-bond acceptors (Lipinski definition) is 3. The smallest absolute Gasteiger partial charge is 0.319 e. The first-order chi connectivity index (χ1) is 12.4. The zero-order valence-electron chi connectivity index (χ0n) is 16.3. The van der Waals surface area contributed by atoms with Crippen molar-refractivity contribution in [2.75, 3.05) is 40.3 Å². The van der Waals surface area contributed by atoms with Crippen LogP contribution >= 0.6 is 0 Å². The van der Waals surface area contributed by atoms with Crippen molar-refractivity contribution in [3.8, 4) is 0 Å². The summed E-state index contributed by atoms with van der Waals surface area (Å²) >= 11 is 0. The molecule has 3 saturated heterocycles. The Labute approximate surface area is 156 Å². The van der Waals surface area contributed by atoms with Crippen LogP contribution in [0.2, 0.25) is 0 Å². The van der Waals surface area contributed by atoms with Gasteiger partial charge in [-0.25, -0.2) is 4.79 Å². The molecule has 3 aliphatic rings. The van der Waals surface area contributed by atoms with Gasteiger partial charge in [0, 0.05) is 51.8 Å². The fraction of sp³-hybridized carbons (Fsp3) is 0.619. The van der Waals surface area contributed by atoms with E-state index in [0.717, 1.165) is 44.6 Å². The van der Waals surface area contributed by atoms with E-state index < -0.39 is 0 Å². The molecule has 5 nitrogen and oxygen atoms in total. The minimum atomic E-state index is 0.123. The van der Waals surface area contributed by atoms with Crippen LogP contribution in [0.4, 0.5) is 4.79 Å². The predicted molar refractivity (Wildman–Crippen MR) is 103 cm³/mol. The molecule has 1 aromatic carbocycles. The number of carbonyl (C=O) groups excluding carboxylic acids is 2. The number of carbonyl (C=O) groups is 2. The molecule has 2 bridgehead atoms. The number of aryl methyl sites for hydroxylation is 1. The molecule has 26 heavy (non-hydrogen) atoms. The molecule has 3 fully saturated rings. The van der Waals surface area contributed by atoms with Crippen LogP contribution in [0.15, 0.2) is 24.3 Å². The van der Waals surface area contributed by atoms with E-state index in [9.17, 15) is 9.59 Å². The second kappa shape index (κ2) is 8.21. The highest BCUT2D eigenvalue weighted by Crippen LogP contribution is 2.28. The van der Waals surface area contributed by atoms with Gasteiger partial charge in [-0.1, -0.05) is 29.8 Å². The summed E-state index contributed by atoms with van der Waals surface area (Å²) in [7, 11) is 3.65. The first-order valence-corrected chi connectivity index (χ1v) is 9.74. The van der Waals surface area contributed by atoms with E-state index in [1.54, 1.807) is 4.90 Å². The van der Waals surface area contributed by atoms with E-state index in [4.69, 9.17) is 0 Å². The summed E-state index contributed by atoms with van der Waals surface area (Å²) in [6.07, 6.45) is 3.85. The second-order valence-electron chi connectivity index (χ2n) is 8.07. The van der Waals surface area contributed by atoms with Crippen LogP contribution in [0.5, 0.6) is 0 Å². The molecule has 0 spiro atoms. The van der Waals surface area contributed by atoms with Crippen molar-refractivity contribution in [3.63, 3.8) is 0 Å². The Morgan fingerprint density at radius 1 is 1.08 bits per heavy atom. The average Bonchev–Trinajstić information content (AvgIpc) is 2.93. The summed E-state index contributed by atoms with van der Waals surface area (Å²) in [4.78, 5) is 30.9. The summed E-state index contributed by atoms with van der Waals surface area (Å²) < 4.78 is 0. The van der Waals surface area contributed by atoms with E-state index in [1.807, 2.05) is 50.2 Å². The van der Waals surface area contributed by atoms with Crippen molar-refractivity contribution in [1.29, 1.82) is 0 Å². The SMILES string of the molecule is Cc1ccc(C(=O)CCCN2C[C@@H]3CC[C@H]2CN(C(=O)N(C)C)C3)cc1. The number of Topliss-reactive ketones (excluding diaryl/α,β-unsaturated/α-hetero) is 1. The Morgan fingerprint density at radius 3 is 2.50 bits per heavy atom. The lowest BCUT2D eigenvalue weighted by Gasteiger charge is -2.36. The molecule has 3 heterocycles. The molecule has 0 aromatic heterocycles. The molecule has 1 aromatic rings. The van der Waals surface area contributed by atoms with Gasteiger partial charge in [0.2, 0.25) is 0 Å². The standard InChI is InChI=1S/C21H31N3O2/c1-16-6-9-18(10-7-16)20(25)5-4-12-23-13-17-8-11-19(23)15-24(14-17)21(26)22(2)3/h6-7,9-10,17,19H,4-5,8,11-15H2,1-3H3/t17-,19-/m0/s1. The lowest BCUT2D eigenvalue weighted by atomic mass is 9.94. The lowest BCUT2D eigenvalue weighted by molar-refractivity contribution is 0.0954. The third-order valence-electron chi connectivity index (χ3n) is 5.70. The molecule has 0 unspecified atom stereocenters. The van der Waals surface area contributed by atoms with E-state index in [2.05, 4.69) is 4.90 Å².